The lowest BCUT2D eigenvalue weighted by Gasteiger charge is -2.13. The third kappa shape index (κ3) is 3.99. The Hall–Kier alpha value is -1.51. The molecule has 1 aromatic carbocycles. The maximum absolute atomic E-state index is 6.31. The quantitative estimate of drug-likeness (QED) is 0.607. The number of benzene rings is 1. The van der Waals surface area contributed by atoms with Crippen LogP contribution in [-0.2, 0) is 0 Å². The molecule has 0 radical (unpaired) electrons. The first-order valence-corrected chi connectivity index (χ1v) is 7.11. The predicted octanol–water partition coefficient (Wildman–Crippen LogP) is 4.97. The standard InChI is InChI=1S/C16H16Cl2N2/c1-11-3-2-4-14(15(18)10-5-11)16(19)20-13-8-6-12(17)7-9-13/h2-4,6-10,14H,5H2,1H3,(H2,19,20)/b4-2?,11-3-,15-10+. The minimum absolute atomic E-state index is 0.184. The molecular formula is C16H16Cl2N2. The van der Waals surface area contributed by atoms with E-state index in [1.54, 1.807) is 12.1 Å². The fraction of sp³-hybridized carbons (Fsp3) is 0.188. The highest BCUT2D eigenvalue weighted by atomic mass is 35.5. The van der Waals surface area contributed by atoms with Crippen LogP contribution < -0.4 is 5.73 Å². The van der Waals surface area contributed by atoms with Crippen LogP contribution in [0.5, 0.6) is 0 Å². The molecule has 0 saturated carbocycles. The normalized spacial score (nSPS) is 25.1. The summed E-state index contributed by atoms with van der Waals surface area (Å²) in [5, 5.41) is 1.37. The van der Waals surface area contributed by atoms with E-state index in [9.17, 15) is 0 Å². The fourth-order valence-corrected chi connectivity index (χ4v) is 2.24. The summed E-state index contributed by atoms with van der Waals surface area (Å²) in [6.07, 6.45) is 8.79. The van der Waals surface area contributed by atoms with Crippen LogP contribution in [0.1, 0.15) is 13.3 Å². The average Bonchev–Trinajstić information content (AvgIpc) is 2.41. The molecule has 0 aromatic heterocycles. The van der Waals surface area contributed by atoms with E-state index in [4.69, 9.17) is 28.9 Å². The number of hydrogen-bond donors (Lipinski definition) is 1. The first-order chi connectivity index (χ1) is 9.56. The summed E-state index contributed by atoms with van der Waals surface area (Å²) in [6.45, 7) is 2.07. The van der Waals surface area contributed by atoms with E-state index in [1.807, 2.05) is 30.4 Å². The largest absolute Gasteiger partial charge is 0.386 e. The molecule has 0 heterocycles. The van der Waals surface area contributed by atoms with Crippen molar-refractivity contribution in [1.29, 1.82) is 0 Å². The lowest BCUT2D eigenvalue weighted by molar-refractivity contribution is 1.04. The van der Waals surface area contributed by atoms with Gasteiger partial charge in [0.05, 0.1) is 11.6 Å². The monoisotopic (exact) mass is 306 g/mol. The SMILES string of the molecule is C/C1=C/C=CC(C(N)=Nc2ccc(Cl)cc2)/C(Cl)=C\C1. The molecule has 1 atom stereocenters. The van der Waals surface area contributed by atoms with E-state index in [-0.39, 0.29) is 5.92 Å². The molecule has 0 spiro atoms. The van der Waals surface area contributed by atoms with Gasteiger partial charge >= 0.3 is 0 Å². The number of amidine groups is 1. The van der Waals surface area contributed by atoms with Crippen molar-refractivity contribution >= 4 is 34.7 Å². The van der Waals surface area contributed by atoms with Gasteiger partial charge in [-0.05, 0) is 37.6 Å². The number of hydrogen-bond acceptors (Lipinski definition) is 1. The summed E-state index contributed by atoms with van der Waals surface area (Å²) in [7, 11) is 0. The van der Waals surface area contributed by atoms with Gasteiger partial charge in [-0.15, -0.1) is 0 Å². The van der Waals surface area contributed by atoms with E-state index in [1.165, 1.54) is 5.57 Å². The molecule has 4 heteroatoms. The maximum atomic E-state index is 6.31. The number of nitrogens with two attached hydrogens (primary N) is 1. The Morgan fingerprint density at radius 1 is 1.25 bits per heavy atom. The molecule has 1 aromatic rings. The van der Waals surface area contributed by atoms with Crippen molar-refractivity contribution in [3.8, 4) is 0 Å². The second-order valence-electron chi connectivity index (χ2n) is 4.68. The Morgan fingerprint density at radius 2 is 1.95 bits per heavy atom. The first-order valence-electron chi connectivity index (χ1n) is 6.35. The highest BCUT2D eigenvalue weighted by Crippen LogP contribution is 2.24. The molecule has 0 aliphatic heterocycles. The van der Waals surface area contributed by atoms with Gasteiger partial charge in [-0.1, -0.05) is 53.1 Å². The third-order valence-electron chi connectivity index (χ3n) is 3.00. The summed E-state index contributed by atoms with van der Waals surface area (Å²) >= 11 is 12.2. The molecule has 0 bridgehead atoms. The van der Waals surface area contributed by atoms with Gasteiger partial charge in [-0.3, -0.25) is 0 Å². The van der Waals surface area contributed by atoms with Crippen molar-refractivity contribution in [2.45, 2.75) is 13.3 Å². The Kier molecular flexibility index (Phi) is 5.05. The van der Waals surface area contributed by atoms with Crippen molar-refractivity contribution in [3.63, 3.8) is 0 Å². The van der Waals surface area contributed by atoms with Crippen LogP contribution in [0, 0.1) is 5.92 Å². The number of aliphatic imine (C=N–C) groups is 1. The van der Waals surface area contributed by atoms with Gasteiger partial charge in [-0.25, -0.2) is 4.99 Å². The van der Waals surface area contributed by atoms with E-state index >= 15 is 0 Å². The second kappa shape index (κ2) is 6.78. The Morgan fingerprint density at radius 3 is 2.65 bits per heavy atom. The highest BCUT2D eigenvalue weighted by molar-refractivity contribution is 6.32. The van der Waals surface area contributed by atoms with Crippen molar-refractivity contribution in [1.82, 2.24) is 0 Å². The molecule has 20 heavy (non-hydrogen) atoms. The fourth-order valence-electron chi connectivity index (χ4n) is 1.85. The smallest absolute Gasteiger partial charge is 0.112 e. The van der Waals surface area contributed by atoms with Crippen LogP contribution in [0.3, 0.4) is 0 Å². The van der Waals surface area contributed by atoms with Gasteiger partial charge in [0.15, 0.2) is 0 Å². The molecule has 0 saturated heterocycles. The molecule has 1 unspecified atom stereocenters. The van der Waals surface area contributed by atoms with Gasteiger partial charge < -0.3 is 5.73 Å². The van der Waals surface area contributed by atoms with Crippen molar-refractivity contribution < 1.29 is 0 Å². The van der Waals surface area contributed by atoms with E-state index in [0.29, 0.717) is 15.9 Å². The zero-order valence-corrected chi connectivity index (χ0v) is 12.7. The summed E-state index contributed by atoms with van der Waals surface area (Å²) in [6, 6.07) is 7.21. The van der Waals surface area contributed by atoms with Crippen molar-refractivity contribution in [2.24, 2.45) is 16.6 Å². The molecule has 0 fully saturated rings. The molecule has 1 aliphatic rings. The maximum Gasteiger partial charge on any atom is 0.112 e. The van der Waals surface area contributed by atoms with Gasteiger partial charge in [0.1, 0.15) is 5.84 Å². The number of halogens is 2. The predicted molar refractivity (Wildman–Crippen MR) is 87.7 cm³/mol. The lowest BCUT2D eigenvalue weighted by Crippen LogP contribution is -2.22. The van der Waals surface area contributed by atoms with E-state index in [2.05, 4.69) is 18.0 Å². The van der Waals surface area contributed by atoms with Crippen molar-refractivity contribution in [3.05, 3.63) is 64.2 Å². The summed E-state index contributed by atoms with van der Waals surface area (Å²) < 4.78 is 0. The molecule has 1 aliphatic carbocycles. The van der Waals surface area contributed by atoms with Crippen LogP contribution >= 0.6 is 23.2 Å². The van der Waals surface area contributed by atoms with Gasteiger partial charge in [0.2, 0.25) is 0 Å². The molecule has 2 nitrogen and oxygen atoms in total. The molecule has 2 N–H and O–H groups in total. The van der Waals surface area contributed by atoms with E-state index < -0.39 is 0 Å². The number of nitrogens with zero attached hydrogens (tertiary/aromatic N) is 1. The van der Waals surface area contributed by atoms with Crippen LogP contribution in [0.25, 0.3) is 0 Å². The van der Waals surface area contributed by atoms with Crippen molar-refractivity contribution in [2.75, 3.05) is 0 Å². The Bertz CT molecular complexity index is 595. The minimum Gasteiger partial charge on any atom is -0.386 e. The van der Waals surface area contributed by atoms with Crippen LogP contribution in [0.4, 0.5) is 5.69 Å². The van der Waals surface area contributed by atoms with Crippen LogP contribution in [0.15, 0.2) is 64.2 Å². The molecule has 0 amide bonds. The molecular weight excluding hydrogens is 291 g/mol. The van der Waals surface area contributed by atoms with Gasteiger partial charge in [0, 0.05) is 10.1 Å². The summed E-state index contributed by atoms with van der Waals surface area (Å²) in [5.74, 6) is 0.287. The highest BCUT2D eigenvalue weighted by Gasteiger charge is 2.14. The summed E-state index contributed by atoms with van der Waals surface area (Å²) in [5.41, 5.74) is 8.10. The average molecular weight is 307 g/mol. The first kappa shape index (κ1) is 14.9. The zero-order chi connectivity index (χ0) is 14.5. The van der Waals surface area contributed by atoms with E-state index in [0.717, 1.165) is 12.1 Å². The Labute approximate surface area is 129 Å². The minimum atomic E-state index is -0.184. The molecule has 2 rings (SSSR count). The molecule has 104 valence electrons. The summed E-state index contributed by atoms with van der Waals surface area (Å²) in [4.78, 5) is 4.40. The zero-order valence-electron chi connectivity index (χ0n) is 11.2. The van der Waals surface area contributed by atoms with Gasteiger partial charge in [0.25, 0.3) is 0 Å². The lowest BCUT2D eigenvalue weighted by atomic mass is 10.0. The van der Waals surface area contributed by atoms with Crippen LogP contribution in [-0.4, -0.2) is 5.84 Å². The number of allylic oxidation sites excluding steroid dienone is 4. The number of rotatable bonds is 2. The third-order valence-corrected chi connectivity index (χ3v) is 3.65. The second-order valence-corrected chi connectivity index (χ2v) is 5.55. The topological polar surface area (TPSA) is 38.4 Å². The van der Waals surface area contributed by atoms with Crippen LogP contribution in [0.2, 0.25) is 5.02 Å². The van der Waals surface area contributed by atoms with Gasteiger partial charge in [-0.2, -0.15) is 0 Å². The Balaban J connectivity index is 2.27.